The topological polar surface area (TPSA) is 68.2 Å². The Hall–Kier alpha value is -2.77. The first kappa shape index (κ1) is 23.9. The van der Waals surface area contributed by atoms with Crippen LogP contribution in [0.2, 0.25) is 15.1 Å². The van der Waals surface area contributed by atoms with Crippen LogP contribution in [0.1, 0.15) is 28.8 Å². The Kier molecular flexibility index (Phi) is 6.18. The van der Waals surface area contributed by atoms with Crippen LogP contribution in [0.15, 0.2) is 93.4 Å². The number of hydrogen-bond acceptors (Lipinski definition) is 4. The van der Waals surface area contributed by atoms with Crippen LogP contribution in [0.4, 0.5) is 5.82 Å². The van der Waals surface area contributed by atoms with Crippen LogP contribution in [0, 0.1) is 6.92 Å². The van der Waals surface area contributed by atoms with Crippen molar-refractivity contribution in [2.24, 2.45) is 0 Å². The molecule has 0 radical (unpaired) electrons. The molecule has 0 bridgehead atoms. The SMILES string of the molecule is Cc1c(Cl)cccc1S(=O)(=O)c1ccc(=O)n2c1N[C@H](c1ccc(Cl)cc1)[C@@H]2c1ccc(Cl)cc1. The first-order chi connectivity index (χ1) is 16.7. The van der Waals surface area contributed by atoms with Crippen LogP contribution < -0.4 is 10.9 Å². The van der Waals surface area contributed by atoms with Crippen LogP contribution >= 0.6 is 34.8 Å². The van der Waals surface area contributed by atoms with Crippen molar-refractivity contribution >= 4 is 50.5 Å². The summed E-state index contributed by atoms with van der Waals surface area (Å²) in [5.41, 5.74) is 1.77. The van der Waals surface area contributed by atoms with Gasteiger partial charge >= 0.3 is 0 Å². The normalized spacial score (nSPS) is 17.1. The molecule has 0 saturated carbocycles. The maximum Gasteiger partial charge on any atom is 0.252 e. The second-order valence-corrected chi connectivity index (χ2v) is 11.5. The number of benzene rings is 3. The molecule has 4 aromatic rings. The van der Waals surface area contributed by atoms with Gasteiger partial charge in [-0.1, -0.05) is 65.1 Å². The lowest BCUT2D eigenvalue weighted by Gasteiger charge is -2.22. The smallest absolute Gasteiger partial charge is 0.252 e. The summed E-state index contributed by atoms with van der Waals surface area (Å²) >= 11 is 18.4. The molecule has 1 aliphatic rings. The summed E-state index contributed by atoms with van der Waals surface area (Å²) in [5, 5.41) is 4.81. The Morgan fingerprint density at radius 3 is 2.00 bits per heavy atom. The highest BCUT2D eigenvalue weighted by molar-refractivity contribution is 7.91. The molecule has 35 heavy (non-hydrogen) atoms. The Balaban J connectivity index is 1.75. The number of fused-ring (bicyclic) bond motifs is 1. The standard InChI is InChI=1S/C26H19Cl3N2O3S/c1-15-20(29)3-2-4-21(15)35(33,34)22-13-14-23(32)31-25(17-7-11-19(28)12-8-17)24(30-26(22)31)16-5-9-18(27)10-6-16/h2-14,24-25,30H,1H3/t24-,25+/m1/s1. The van der Waals surface area contributed by atoms with Gasteiger partial charge in [0.2, 0.25) is 9.84 Å². The lowest BCUT2D eigenvalue weighted by Crippen LogP contribution is -2.24. The minimum Gasteiger partial charge on any atom is -0.361 e. The molecule has 5 nitrogen and oxygen atoms in total. The summed E-state index contributed by atoms with van der Waals surface area (Å²) < 4.78 is 29.1. The average molecular weight is 546 g/mol. The van der Waals surface area contributed by atoms with Gasteiger partial charge in [-0.05, 0) is 66.1 Å². The van der Waals surface area contributed by atoms with E-state index in [1.807, 2.05) is 24.3 Å². The highest BCUT2D eigenvalue weighted by Gasteiger charge is 2.39. The first-order valence-corrected chi connectivity index (χ1v) is 13.3. The third-order valence-electron chi connectivity index (χ3n) is 6.21. The van der Waals surface area contributed by atoms with Gasteiger partial charge in [0.05, 0.1) is 17.0 Å². The fourth-order valence-electron chi connectivity index (χ4n) is 4.48. The molecule has 178 valence electrons. The van der Waals surface area contributed by atoms with Gasteiger partial charge in [0.15, 0.2) is 0 Å². The molecule has 0 spiro atoms. The second kappa shape index (κ2) is 9.03. The lowest BCUT2D eigenvalue weighted by molar-refractivity contribution is 0.553. The predicted octanol–water partition coefficient (Wildman–Crippen LogP) is 6.71. The highest BCUT2D eigenvalue weighted by atomic mass is 35.5. The molecule has 0 fully saturated rings. The third-order valence-corrected chi connectivity index (χ3v) is 9.06. The number of anilines is 1. The van der Waals surface area contributed by atoms with Gasteiger partial charge in [-0.2, -0.15) is 0 Å². The number of nitrogens with zero attached hydrogens (tertiary/aromatic N) is 1. The molecule has 3 aromatic carbocycles. The molecule has 0 aliphatic carbocycles. The van der Waals surface area contributed by atoms with Crippen molar-refractivity contribution in [2.75, 3.05) is 5.32 Å². The van der Waals surface area contributed by atoms with E-state index in [0.717, 1.165) is 11.1 Å². The number of rotatable bonds is 4. The van der Waals surface area contributed by atoms with E-state index in [1.165, 1.54) is 22.8 Å². The fourth-order valence-corrected chi connectivity index (χ4v) is 6.63. The maximum absolute atomic E-state index is 13.8. The monoisotopic (exact) mass is 544 g/mol. The van der Waals surface area contributed by atoms with Crippen molar-refractivity contribution < 1.29 is 8.42 Å². The summed E-state index contributed by atoms with van der Waals surface area (Å²) in [6, 6.07) is 20.8. The Bertz CT molecular complexity index is 1600. The molecule has 2 atom stereocenters. The molecule has 0 saturated heterocycles. The number of halogens is 3. The zero-order chi connectivity index (χ0) is 24.9. The summed E-state index contributed by atoms with van der Waals surface area (Å²) in [7, 11) is -4.01. The first-order valence-electron chi connectivity index (χ1n) is 10.7. The minimum absolute atomic E-state index is 0.00195. The minimum atomic E-state index is -4.01. The third kappa shape index (κ3) is 4.15. The molecular formula is C26H19Cl3N2O3S. The number of pyridine rings is 1. The average Bonchev–Trinajstić information content (AvgIpc) is 3.23. The molecule has 0 unspecified atom stereocenters. The van der Waals surface area contributed by atoms with E-state index in [0.29, 0.717) is 20.6 Å². The van der Waals surface area contributed by atoms with E-state index < -0.39 is 21.9 Å². The Labute approximate surface area is 217 Å². The predicted molar refractivity (Wildman–Crippen MR) is 140 cm³/mol. The zero-order valence-electron chi connectivity index (χ0n) is 18.4. The molecule has 1 aliphatic heterocycles. The quantitative estimate of drug-likeness (QED) is 0.310. The van der Waals surface area contributed by atoms with Gasteiger partial charge in [0, 0.05) is 21.1 Å². The molecule has 9 heteroatoms. The van der Waals surface area contributed by atoms with Crippen molar-refractivity contribution in [3.8, 4) is 0 Å². The van der Waals surface area contributed by atoms with Crippen molar-refractivity contribution in [1.82, 2.24) is 4.57 Å². The van der Waals surface area contributed by atoms with E-state index in [9.17, 15) is 13.2 Å². The molecule has 0 amide bonds. The second-order valence-electron chi connectivity index (χ2n) is 8.29. The molecule has 1 N–H and O–H groups in total. The van der Waals surface area contributed by atoms with E-state index in [4.69, 9.17) is 34.8 Å². The Morgan fingerprint density at radius 2 is 1.37 bits per heavy atom. The number of sulfone groups is 1. The maximum atomic E-state index is 13.8. The summed E-state index contributed by atoms with van der Waals surface area (Å²) in [4.78, 5) is 13.3. The molecule has 5 rings (SSSR count). The van der Waals surface area contributed by atoms with Crippen LogP contribution in [0.25, 0.3) is 0 Å². The van der Waals surface area contributed by atoms with E-state index in [-0.39, 0.29) is 21.2 Å². The molecule has 1 aromatic heterocycles. The number of aromatic nitrogens is 1. The molecular weight excluding hydrogens is 527 g/mol. The van der Waals surface area contributed by atoms with E-state index in [2.05, 4.69) is 5.32 Å². The van der Waals surface area contributed by atoms with Crippen molar-refractivity contribution in [3.63, 3.8) is 0 Å². The van der Waals surface area contributed by atoms with E-state index >= 15 is 0 Å². The van der Waals surface area contributed by atoms with E-state index in [1.54, 1.807) is 43.3 Å². The van der Waals surface area contributed by atoms with Crippen molar-refractivity contribution in [3.05, 3.63) is 121 Å². The van der Waals surface area contributed by atoms with Gasteiger partial charge < -0.3 is 5.32 Å². The van der Waals surface area contributed by atoms with Gasteiger partial charge in [0.25, 0.3) is 5.56 Å². The van der Waals surface area contributed by atoms with Crippen LogP contribution in [0.3, 0.4) is 0 Å². The van der Waals surface area contributed by atoms with Crippen LogP contribution in [0.5, 0.6) is 0 Å². The van der Waals surface area contributed by atoms with Crippen molar-refractivity contribution in [1.29, 1.82) is 0 Å². The zero-order valence-corrected chi connectivity index (χ0v) is 21.5. The number of nitrogens with one attached hydrogen (secondary N) is 1. The lowest BCUT2D eigenvalue weighted by atomic mass is 9.94. The van der Waals surface area contributed by atoms with Gasteiger partial charge in [-0.15, -0.1) is 0 Å². The number of hydrogen-bond donors (Lipinski definition) is 1. The highest BCUT2D eigenvalue weighted by Crippen LogP contribution is 2.45. The van der Waals surface area contributed by atoms with Crippen LogP contribution in [-0.4, -0.2) is 13.0 Å². The Morgan fingerprint density at radius 1 is 0.771 bits per heavy atom. The van der Waals surface area contributed by atoms with Gasteiger partial charge in [0.1, 0.15) is 10.7 Å². The van der Waals surface area contributed by atoms with Gasteiger partial charge in [-0.25, -0.2) is 8.42 Å². The van der Waals surface area contributed by atoms with Crippen molar-refractivity contribution in [2.45, 2.75) is 28.8 Å². The van der Waals surface area contributed by atoms with Crippen LogP contribution in [-0.2, 0) is 9.84 Å². The molecule has 2 heterocycles. The largest absolute Gasteiger partial charge is 0.361 e. The van der Waals surface area contributed by atoms with Gasteiger partial charge in [-0.3, -0.25) is 9.36 Å². The summed E-state index contributed by atoms with van der Waals surface area (Å²) in [6.45, 7) is 1.66. The fraction of sp³-hybridized carbons (Fsp3) is 0.115. The summed E-state index contributed by atoms with van der Waals surface area (Å²) in [6.07, 6.45) is 0. The summed E-state index contributed by atoms with van der Waals surface area (Å²) in [5.74, 6) is 0.219.